The highest BCUT2D eigenvalue weighted by atomic mass is 79.9. The van der Waals surface area contributed by atoms with E-state index in [9.17, 15) is 9.90 Å². The summed E-state index contributed by atoms with van der Waals surface area (Å²) in [5.41, 5.74) is 0.363. The molecule has 1 rings (SSSR count). The van der Waals surface area contributed by atoms with E-state index in [1.807, 2.05) is 6.92 Å². The first-order valence-electron chi connectivity index (χ1n) is 5.69. The van der Waals surface area contributed by atoms with Gasteiger partial charge < -0.3 is 10.2 Å². The Bertz CT molecular complexity index is 426. The van der Waals surface area contributed by atoms with E-state index in [1.54, 1.807) is 12.3 Å². The van der Waals surface area contributed by atoms with Crippen LogP contribution in [0, 0.1) is 5.92 Å². The van der Waals surface area contributed by atoms with Crippen LogP contribution in [0.15, 0.2) is 21.2 Å². The molecule has 4 nitrogen and oxygen atoms in total. The molecule has 0 spiro atoms. The van der Waals surface area contributed by atoms with E-state index in [4.69, 9.17) is 5.11 Å². The van der Waals surface area contributed by atoms with Gasteiger partial charge in [-0.25, -0.2) is 0 Å². The molecule has 0 aliphatic heterocycles. The minimum atomic E-state index is -1.10. The summed E-state index contributed by atoms with van der Waals surface area (Å²) in [7, 11) is 0. The normalized spacial score (nSPS) is 14.2. The molecule has 0 amide bonds. The third kappa shape index (κ3) is 4.03. The number of hydrogen-bond acceptors (Lipinski definition) is 3. The molecule has 0 aliphatic carbocycles. The van der Waals surface area contributed by atoms with Crippen LogP contribution in [-0.4, -0.2) is 21.2 Å². The molecule has 6 heteroatoms. The monoisotopic (exact) mass is 379 g/mol. The number of aliphatic hydroxyl groups is 1. The maximum Gasteiger partial charge on any atom is 0.309 e. The number of pyridine rings is 1. The molecule has 1 heterocycles. The molecule has 2 N–H and O–H groups in total. The number of aromatic nitrogens is 1. The fraction of sp³-hybridized carbons (Fsp3) is 0.500. The number of hydrogen-bond donors (Lipinski definition) is 2. The van der Waals surface area contributed by atoms with Gasteiger partial charge in [0.2, 0.25) is 0 Å². The number of rotatable bonds is 6. The van der Waals surface area contributed by atoms with Gasteiger partial charge in [-0.15, -0.1) is 0 Å². The molecule has 100 valence electrons. The Balaban J connectivity index is 2.94. The lowest BCUT2D eigenvalue weighted by Gasteiger charge is -2.19. The summed E-state index contributed by atoms with van der Waals surface area (Å²) in [4.78, 5) is 15.3. The summed E-state index contributed by atoms with van der Waals surface area (Å²) in [6.45, 7) is 1.99. The van der Waals surface area contributed by atoms with E-state index in [2.05, 4.69) is 36.8 Å². The maximum atomic E-state index is 11.2. The molecule has 2 unspecified atom stereocenters. The molecule has 0 aromatic carbocycles. The summed E-state index contributed by atoms with van der Waals surface area (Å²) in [6, 6.07) is 1.74. The van der Waals surface area contributed by atoms with Crippen molar-refractivity contribution in [3.05, 3.63) is 26.9 Å². The van der Waals surface area contributed by atoms with Crippen LogP contribution in [-0.2, 0) is 4.79 Å². The van der Waals surface area contributed by atoms with Gasteiger partial charge in [-0.05, 0) is 44.3 Å². The maximum absolute atomic E-state index is 11.2. The largest absolute Gasteiger partial charge is 0.481 e. The zero-order chi connectivity index (χ0) is 13.7. The van der Waals surface area contributed by atoms with Crippen LogP contribution in [0.5, 0.6) is 0 Å². The zero-order valence-electron chi connectivity index (χ0n) is 9.94. The van der Waals surface area contributed by atoms with Gasteiger partial charge in [0.1, 0.15) is 6.10 Å². The van der Waals surface area contributed by atoms with Crippen molar-refractivity contribution in [2.24, 2.45) is 5.92 Å². The second kappa shape index (κ2) is 7.21. The van der Waals surface area contributed by atoms with E-state index in [1.165, 1.54) is 0 Å². The van der Waals surface area contributed by atoms with Crippen LogP contribution in [0.2, 0.25) is 0 Å². The van der Waals surface area contributed by atoms with Crippen molar-refractivity contribution in [2.45, 2.75) is 32.3 Å². The van der Waals surface area contributed by atoms with Crippen molar-refractivity contribution < 1.29 is 15.0 Å². The van der Waals surface area contributed by atoms with Gasteiger partial charge in [-0.1, -0.05) is 19.8 Å². The van der Waals surface area contributed by atoms with Gasteiger partial charge in [0, 0.05) is 15.1 Å². The molecule has 0 saturated carbocycles. The lowest BCUT2D eigenvalue weighted by atomic mass is 9.94. The van der Waals surface area contributed by atoms with Crippen LogP contribution in [0.3, 0.4) is 0 Å². The fourth-order valence-corrected chi connectivity index (χ4v) is 2.90. The van der Waals surface area contributed by atoms with Crippen LogP contribution in [0.1, 0.15) is 38.0 Å². The molecular formula is C12H15Br2NO3. The fourth-order valence-electron chi connectivity index (χ4n) is 1.67. The zero-order valence-corrected chi connectivity index (χ0v) is 13.1. The van der Waals surface area contributed by atoms with E-state index >= 15 is 0 Å². The highest BCUT2D eigenvalue weighted by molar-refractivity contribution is 9.11. The average molecular weight is 381 g/mol. The highest BCUT2D eigenvalue weighted by Crippen LogP contribution is 2.31. The van der Waals surface area contributed by atoms with Crippen molar-refractivity contribution in [3.8, 4) is 0 Å². The molecule has 18 heavy (non-hydrogen) atoms. The van der Waals surface area contributed by atoms with Gasteiger partial charge in [0.15, 0.2) is 0 Å². The number of halogens is 2. The first kappa shape index (κ1) is 15.6. The molecular weight excluding hydrogens is 366 g/mol. The molecule has 1 aromatic rings. The number of unbranched alkanes of at least 4 members (excludes halogenated alkanes) is 1. The quantitative estimate of drug-likeness (QED) is 0.791. The first-order valence-corrected chi connectivity index (χ1v) is 7.27. The smallest absolute Gasteiger partial charge is 0.309 e. The third-order valence-corrected chi connectivity index (χ3v) is 3.75. The minimum absolute atomic E-state index is 0.363. The van der Waals surface area contributed by atoms with Crippen LogP contribution < -0.4 is 0 Å². The molecule has 0 radical (unpaired) electrons. The van der Waals surface area contributed by atoms with Gasteiger partial charge in [-0.3, -0.25) is 9.78 Å². The standard InChI is InChI=1S/C12H15Br2NO3/c1-2-3-4-8(12(17)18)11(16)10-9(14)5-7(13)6-15-10/h5-6,8,11,16H,2-4H2,1H3,(H,17,18). The highest BCUT2D eigenvalue weighted by Gasteiger charge is 2.29. The summed E-state index contributed by atoms with van der Waals surface area (Å²) in [5, 5.41) is 19.3. The Morgan fingerprint density at radius 2 is 2.17 bits per heavy atom. The third-order valence-electron chi connectivity index (χ3n) is 2.68. The van der Waals surface area contributed by atoms with Gasteiger partial charge in [-0.2, -0.15) is 0 Å². The molecule has 0 aliphatic rings. The first-order chi connectivity index (χ1) is 8.47. The summed E-state index contributed by atoms with van der Waals surface area (Å²) >= 11 is 6.55. The number of carboxylic acid groups (broad SMARTS) is 1. The molecule has 0 bridgehead atoms. The van der Waals surface area contributed by atoms with Crippen LogP contribution in [0.25, 0.3) is 0 Å². The van der Waals surface area contributed by atoms with Gasteiger partial charge in [0.05, 0.1) is 11.6 Å². The van der Waals surface area contributed by atoms with Crippen molar-refractivity contribution in [2.75, 3.05) is 0 Å². The number of carboxylic acids is 1. The van der Waals surface area contributed by atoms with Crippen molar-refractivity contribution in [1.29, 1.82) is 0 Å². The number of carbonyl (C=O) groups is 1. The Kier molecular flexibility index (Phi) is 6.25. The predicted octanol–water partition coefficient (Wildman–Crippen LogP) is 3.53. The van der Waals surface area contributed by atoms with E-state index in [0.717, 1.165) is 17.3 Å². The Morgan fingerprint density at radius 1 is 1.50 bits per heavy atom. The van der Waals surface area contributed by atoms with Crippen molar-refractivity contribution in [1.82, 2.24) is 4.98 Å². The lowest BCUT2D eigenvalue weighted by Crippen LogP contribution is -2.23. The summed E-state index contributed by atoms with van der Waals surface area (Å²) in [6.07, 6.45) is 2.55. The Morgan fingerprint density at radius 3 is 2.67 bits per heavy atom. The molecule has 1 aromatic heterocycles. The second-order valence-corrected chi connectivity index (χ2v) is 5.82. The van der Waals surface area contributed by atoms with E-state index in [-0.39, 0.29) is 0 Å². The summed E-state index contributed by atoms with van der Waals surface area (Å²) < 4.78 is 1.37. The predicted molar refractivity (Wildman–Crippen MR) is 75.2 cm³/mol. The topological polar surface area (TPSA) is 70.4 Å². The lowest BCUT2D eigenvalue weighted by molar-refractivity contribution is -0.146. The molecule has 0 saturated heterocycles. The molecule has 2 atom stereocenters. The van der Waals surface area contributed by atoms with Gasteiger partial charge in [0.25, 0.3) is 0 Å². The molecule has 0 fully saturated rings. The Hall–Kier alpha value is -0.460. The summed E-state index contributed by atoms with van der Waals surface area (Å²) in [5.74, 6) is -1.82. The number of nitrogens with zero attached hydrogens (tertiary/aromatic N) is 1. The van der Waals surface area contributed by atoms with Gasteiger partial charge >= 0.3 is 5.97 Å². The average Bonchev–Trinajstić information content (AvgIpc) is 2.28. The van der Waals surface area contributed by atoms with E-state index < -0.39 is 18.0 Å². The van der Waals surface area contributed by atoms with Crippen molar-refractivity contribution in [3.63, 3.8) is 0 Å². The van der Waals surface area contributed by atoms with Crippen LogP contribution in [0.4, 0.5) is 0 Å². The van der Waals surface area contributed by atoms with Crippen LogP contribution >= 0.6 is 31.9 Å². The number of aliphatic carboxylic acids is 1. The number of aliphatic hydroxyl groups excluding tert-OH is 1. The van der Waals surface area contributed by atoms with Crippen molar-refractivity contribution >= 4 is 37.8 Å². The second-order valence-electron chi connectivity index (χ2n) is 4.05. The minimum Gasteiger partial charge on any atom is -0.481 e. The van der Waals surface area contributed by atoms with E-state index in [0.29, 0.717) is 16.6 Å². The SMILES string of the molecule is CCCCC(C(=O)O)C(O)c1ncc(Br)cc1Br. The Labute approximate surface area is 123 Å².